The van der Waals surface area contributed by atoms with Gasteiger partial charge in [0, 0.05) is 39.0 Å². The number of nitrogens with one attached hydrogen (secondary N) is 1. The number of ether oxygens (including phenoxy) is 1. The Morgan fingerprint density at radius 1 is 1.24 bits per heavy atom. The summed E-state index contributed by atoms with van der Waals surface area (Å²) >= 11 is 0. The molecule has 1 aromatic rings. The Hall–Kier alpha value is -1.81. The second-order valence-electron chi connectivity index (χ2n) is 5.72. The molecule has 2 aliphatic rings. The quantitative estimate of drug-likeness (QED) is 0.517. The number of aldehydes is 1. The van der Waals surface area contributed by atoms with Crippen LogP contribution in [0.2, 0.25) is 0 Å². The van der Waals surface area contributed by atoms with Crippen LogP contribution < -0.4 is 5.32 Å². The normalized spacial score (nSPS) is 20.0. The highest BCUT2D eigenvalue weighted by atomic mass is 16.5. The summed E-state index contributed by atoms with van der Waals surface area (Å²) in [5, 5.41) is 3.32. The van der Waals surface area contributed by atoms with Gasteiger partial charge in [-0.25, -0.2) is 0 Å². The van der Waals surface area contributed by atoms with Crippen LogP contribution >= 0.6 is 0 Å². The number of carbonyl (C=O) groups excluding carboxylic acids is 1. The lowest BCUT2D eigenvalue weighted by Gasteiger charge is -2.31. The van der Waals surface area contributed by atoms with E-state index in [4.69, 9.17) is 4.74 Å². The molecule has 0 unspecified atom stereocenters. The van der Waals surface area contributed by atoms with Crippen LogP contribution in [0.4, 0.5) is 0 Å². The van der Waals surface area contributed by atoms with Crippen LogP contribution in [-0.2, 0) is 22.4 Å². The lowest BCUT2D eigenvalue weighted by atomic mass is 10.1. The molecule has 1 fully saturated rings. The summed E-state index contributed by atoms with van der Waals surface area (Å²) in [6.07, 6.45) is 2.73. The second kappa shape index (κ2) is 6.31. The third kappa shape index (κ3) is 3.10. The number of hydrogen-bond acceptors (Lipinski definition) is 4. The lowest BCUT2D eigenvalue weighted by molar-refractivity contribution is -0.109. The minimum absolute atomic E-state index is 0.0838. The van der Waals surface area contributed by atoms with Gasteiger partial charge in [-0.3, -0.25) is 4.79 Å². The van der Waals surface area contributed by atoms with Crippen molar-refractivity contribution in [2.45, 2.75) is 25.9 Å². The highest BCUT2D eigenvalue weighted by Gasteiger charge is 2.24. The number of allylic oxidation sites excluding steroid dienone is 2. The fraction of sp³-hybridized carbons (Fsp3) is 0.471. The van der Waals surface area contributed by atoms with Crippen LogP contribution in [-0.4, -0.2) is 43.5 Å². The van der Waals surface area contributed by atoms with Crippen molar-refractivity contribution in [1.82, 2.24) is 10.2 Å². The summed E-state index contributed by atoms with van der Waals surface area (Å²) in [6.45, 7) is 5.75. The van der Waals surface area contributed by atoms with Crippen LogP contribution in [0.15, 0.2) is 35.7 Å². The Labute approximate surface area is 125 Å². The fourth-order valence-corrected chi connectivity index (χ4v) is 3.14. The SMILES string of the molecule is C/C(=C(\C=O)OC1Cc2ccccc2C1)N1CCNCC1. The minimum Gasteiger partial charge on any atom is -0.484 e. The average Bonchev–Trinajstić information content (AvgIpc) is 2.95. The summed E-state index contributed by atoms with van der Waals surface area (Å²) < 4.78 is 6.01. The van der Waals surface area contributed by atoms with Crippen molar-refractivity contribution < 1.29 is 9.53 Å². The molecule has 0 bridgehead atoms. The van der Waals surface area contributed by atoms with Gasteiger partial charge in [0.25, 0.3) is 0 Å². The van der Waals surface area contributed by atoms with E-state index in [1.165, 1.54) is 11.1 Å². The largest absolute Gasteiger partial charge is 0.484 e. The first-order valence-electron chi connectivity index (χ1n) is 7.63. The maximum absolute atomic E-state index is 11.4. The fourth-order valence-electron chi connectivity index (χ4n) is 3.14. The molecule has 0 spiro atoms. The lowest BCUT2D eigenvalue weighted by Crippen LogP contribution is -2.43. The van der Waals surface area contributed by atoms with Crippen LogP contribution in [0, 0.1) is 0 Å². The first-order valence-corrected chi connectivity index (χ1v) is 7.63. The summed E-state index contributed by atoms with van der Waals surface area (Å²) in [4.78, 5) is 13.6. The Balaban J connectivity index is 1.69. The molecule has 1 aliphatic carbocycles. The molecule has 3 rings (SSSR count). The second-order valence-corrected chi connectivity index (χ2v) is 5.72. The Morgan fingerprint density at radius 2 is 1.86 bits per heavy atom. The summed E-state index contributed by atoms with van der Waals surface area (Å²) in [6, 6.07) is 8.41. The van der Waals surface area contributed by atoms with E-state index in [1.807, 2.05) is 6.92 Å². The van der Waals surface area contributed by atoms with E-state index in [2.05, 4.69) is 34.5 Å². The summed E-state index contributed by atoms with van der Waals surface area (Å²) in [5.74, 6) is 0.495. The van der Waals surface area contributed by atoms with Crippen LogP contribution in [0.3, 0.4) is 0 Å². The third-order valence-corrected chi connectivity index (χ3v) is 4.36. The molecule has 112 valence electrons. The van der Waals surface area contributed by atoms with Gasteiger partial charge < -0.3 is 15.0 Å². The van der Waals surface area contributed by atoms with E-state index < -0.39 is 0 Å². The topological polar surface area (TPSA) is 41.6 Å². The number of benzene rings is 1. The Morgan fingerprint density at radius 3 is 2.43 bits per heavy atom. The maximum atomic E-state index is 11.4. The first-order chi connectivity index (χ1) is 10.3. The van der Waals surface area contributed by atoms with Gasteiger partial charge in [-0.15, -0.1) is 0 Å². The van der Waals surface area contributed by atoms with Crippen LogP contribution in [0.1, 0.15) is 18.1 Å². The molecule has 4 nitrogen and oxygen atoms in total. The van der Waals surface area contributed by atoms with Crippen molar-refractivity contribution in [1.29, 1.82) is 0 Å². The molecule has 0 atom stereocenters. The molecule has 1 saturated heterocycles. The van der Waals surface area contributed by atoms with E-state index >= 15 is 0 Å². The van der Waals surface area contributed by atoms with Crippen molar-refractivity contribution in [3.63, 3.8) is 0 Å². The van der Waals surface area contributed by atoms with E-state index in [-0.39, 0.29) is 6.10 Å². The molecular formula is C17H22N2O2. The van der Waals surface area contributed by atoms with Crippen molar-refractivity contribution in [2.75, 3.05) is 26.2 Å². The Bertz CT molecular complexity index is 522. The van der Waals surface area contributed by atoms with Gasteiger partial charge in [-0.2, -0.15) is 0 Å². The van der Waals surface area contributed by atoms with Gasteiger partial charge in [0.05, 0.1) is 5.70 Å². The molecular weight excluding hydrogens is 264 g/mol. The van der Waals surface area contributed by atoms with Crippen molar-refractivity contribution in [3.8, 4) is 0 Å². The summed E-state index contributed by atoms with van der Waals surface area (Å²) in [7, 11) is 0. The molecule has 0 aromatic heterocycles. The van der Waals surface area contributed by atoms with Gasteiger partial charge in [0.2, 0.25) is 0 Å². The zero-order valence-corrected chi connectivity index (χ0v) is 12.5. The standard InChI is InChI=1S/C17H22N2O2/c1-13(19-8-6-18-7-9-19)17(12-20)21-16-10-14-4-2-3-5-15(14)11-16/h2-5,12,16,18H,6-11H2,1H3/b17-13-. The minimum atomic E-state index is 0.0838. The molecule has 0 radical (unpaired) electrons. The van der Waals surface area contributed by atoms with Crippen LogP contribution in [0.25, 0.3) is 0 Å². The predicted octanol–water partition coefficient (Wildman–Crippen LogP) is 1.51. The third-order valence-electron chi connectivity index (χ3n) is 4.36. The number of piperazine rings is 1. The number of carbonyl (C=O) groups is 1. The molecule has 1 heterocycles. The molecule has 1 aliphatic heterocycles. The average molecular weight is 286 g/mol. The molecule has 21 heavy (non-hydrogen) atoms. The maximum Gasteiger partial charge on any atom is 0.186 e. The highest BCUT2D eigenvalue weighted by molar-refractivity contribution is 5.71. The van der Waals surface area contributed by atoms with E-state index in [0.29, 0.717) is 5.76 Å². The highest BCUT2D eigenvalue weighted by Crippen LogP contribution is 2.26. The zero-order valence-electron chi connectivity index (χ0n) is 12.5. The number of fused-ring (bicyclic) bond motifs is 1. The number of nitrogens with zero attached hydrogens (tertiary/aromatic N) is 1. The van der Waals surface area contributed by atoms with Crippen molar-refractivity contribution in [2.24, 2.45) is 0 Å². The van der Waals surface area contributed by atoms with E-state index in [9.17, 15) is 4.79 Å². The molecule has 4 heteroatoms. The molecule has 1 aromatic carbocycles. The van der Waals surface area contributed by atoms with Gasteiger partial charge >= 0.3 is 0 Å². The van der Waals surface area contributed by atoms with E-state index in [0.717, 1.165) is 51.0 Å². The van der Waals surface area contributed by atoms with Gasteiger partial charge in [0.1, 0.15) is 6.10 Å². The zero-order chi connectivity index (χ0) is 14.7. The van der Waals surface area contributed by atoms with Gasteiger partial charge in [0.15, 0.2) is 12.0 Å². The predicted molar refractivity (Wildman–Crippen MR) is 81.9 cm³/mol. The van der Waals surface area contributed by atoms with Gasteiger partial charge in [-0.1, -0.05) is 24.3 Å². The van der Waals surface area contributed by atoms with Crippen LogP contribution in [0.5, 0.6) is 0 Å². The molecule has 0 saturated carbocycles. The molecule has 1 N–H and O–H groups in total. The molecule has 0 amide bonds. The smallest absolute Gasteiger partial charge is 0.186 e. The number of hydrogen-bond donors (Lipinski definition) is 1. The summed E-state index contributed by atoms with van der Waals surface area (Å²) in [5.41, 5.74) is 3.64. The van der Waals surface area contributed by atoms with Crippen molar-refractivity contribution in [3.05, 3.63) is 46.8 Å². The Kier molecular flexibility index (Phi) is 4.25. The van der Waals surface area contributed by atoms with Gasteiger partial charge in [-0.05, 0) is 18.1 Å². The van der Waals surface area contributed by atoms with E-state index in [1.54, 1.807) is 0 Å². The monoisotopic (exact) mass is 286 g/mol. The first kappa shape index (κ1) is 14.1. The van der Waals surface area contributed by atoms with Crippen molar-refractivity contribution >= 4 is 6.29 Å². The number of rotatable bonds is 4.